The average Bonchev–Trinajstić information content (AvgIpc) is 3.05. The first kappa shape index (κ1) is 14.5. The van der Waals surface area contributed by atoms with Gasteiger partial charge in [0.2, 0.25) is 0 Å². The normalized spacial score (nSPS) is 24.2. The summed E-state index contributed by atoms with van der Waals surface area (Å²) < 4.78 is 1.96. The van der Waals surface area contributed by atoms with Crippen molar-refractivity contribution in [3.8, 4) is 0 Å². The number of piperazine rings is 1. The van der Waals surface area contributed by atoms with Crippen molar-refractivity contribution in [3.63, 3.8) is 0 Å². The lowest BCUT2D eigenvalue weighted by Gasteiger charge is -2.33. The molecule has 1 aromatic rings. The van der Waals surface area contributed by atoms with Crippen LogP contribution in [0.5, 0.6) is 0 Å². The Hall–Kier alpha value is -1.40. The molecule has 2 saturated heterocycles. The number of amides is 1. The molecule has 21 heavy (non-hydrogen) atoms. The number of piperidine rings is 1. The molecule has 3 heterocycles. The fourth-order valence-electron chi connectivity index (χ4n) is 3.14. The van der Waals surface area contributed by atoms with Crippen molar-refractivity contribution in [2.24, 2.45) is 0 Å². The van der Waals surface area contributed by atoms with Crippen molar-refractivity contribution in [1.82, 2.24) is 24.9 Å². The van der Waals surface area contributed by atoms with Crippen molar-refractivity contribution < 1.29 is 4.79 Å². The lowest BCUT2D eigenvalue weighted by molar-refractivity contribution is 0.0636. The summed E-state index contributed by atoms with van der Waals surface area (Å²) >= 11 is 0. The van der Waals surface area contributed by atoms with Gasteiger partial charge in [0.15, 0.2) is 0 Å². The topological polar surface area (TPSA) is 53.4 Å². The van der Waals surface area contributed by atoms with E-state index in [2.05, 4.69) is 22.2 Å². The quantitative estimate of drug-likeness (QED) is 0.885. The minimum Gasteiger partial charge on any atom is -0.335 e. The van der Waals surface area contributed by atoms with E-state index in [-0.39, 0.29) is 5.91 Å². The molecule has 2 aliphatic heterocycles. The standard InChI is InChI=1S/C15H25N5O/c1-2-18-8-10-19(11-9-18)15(21)14-5-7-20(17-14)13-4-3-6-16-12-13/h5,7,13,16H,2-4,6,8-12H2,1H3. The van der Waals surface area contributed by atoms with Crippen LogP contribution < -0.4 is 5.32 Å². The molecule has 1 N–H and O–H groups in total. The van der Waals surface area contributed by atoms with E-state index in [1.54, 1.807) is 0 Å². The fraction of sp³-hybridized carbons (Fsp3) is 0.733. The minimum absolute atomic E-state index is 0.0771. The van der Waals surface area contributed by atoms with Gasteiger partial charge in [-0.05, 0) is 32.0 Å². The molecular formula is C15H25N5O. The Morgan fingerprint density at radius 3 is 2.86 bits per heavy atom. The van der Waals surface area contributed by atoms with E-state index >= 15 is 0 Å². The second-order valence-electron chi connectivity index (χ2n) is 5.91. The molecule has 1 amide bonds. The van der Waals surface area contributed by atoms with Crippen molar-refractivity contribution in [2.45, 2.75) is 25.8 Å². The van der Waals surface area contributed by atoms with Crippen LogP contribution in [-0.4, -0.2) is 71.3 Å². The highest BCUT2D eigenvalue weighted by molar-refractivity contribution is 5.92. The van der Waals surface area contributed by atoms with Gasteiger partial charge in [-0.25, -0.2) is 0 Å². The second kappa shape index (κ2) is 6.58. The van der Waals surface area contributed by atoms with E-state index in [1.807, 2.05) is 21.8 Å². The van der Waals surface area contributed by atoms with Crippen molar-refractivity contribution in [3.05, 3.63) is 18.0 Å². The molecule has 0 saturated carbocycles. The van der Waals surface area contributed by atoms with Crippen LogP contribution in [0.1, 0.15) is 36.3 Å². The summed E-state index contributed by atoms with van der Waals surface area (Å²) in [7, 11) is 0. The molecule has 0 bridgehead atoms. The third-order valence-corrected chi connectivity index (χ3v) is 4.58. The van der Waals surface area contributed by atoms with E-state index in [9.17, 15) is 4.79 Å². The maximum atomic E-state index is 12.5. The van der Waals surface area contributed by atoms with Crippen LogP contribution >= 0.6 is 0 Å². The lowest BCUT2D eigenvalue weighted by Crippen LogP contribution is -2.48. The van der Waals surface area contributed by atoms with Gasteiger partial charge in [0.25, 0.3) is 5.91 Å². The maximum Gasteiger partial charge on any atom is 0.274 e. The van der Waals surface area contributed by atoms with Crippen LogP contribution in [0.4, 0.5) is 0 Å². The summed E-state index contributed by atoms with van der Waals surface area (Å²) in [6.07, 6.45) is 4.26. The predicted molar refractivity (Wildman–Crippen MR) is 81.4 cm³/mol. The minimum atomic E-state index is 0.0771. The number of hydrogen-bond acceptors (Lipinski definition) is 4. The van der Waals surface area contributed by atoms with Gasteiger partial charge in [0, 0.05) is 38.9 Å². The van der Waals surface area contributed by atoms with E-state index in [0.29, 0.717) is 11.7 Å². The fourth-order valence-corrected chi connectivity index (χ4v) is 3.14. The number of carbonyl (C=O) groups is 1. The first-order chi connectivity index (χ1) is 10.3. The Bertz CT molecular complexity index is 472. The van der Waals surface area contributed by atoms with Gasteiger partial charge in [-0.3, -0.25) is 9.48 Å². The van der Waals surface area contributed by atoms with Gasteiger partial charge >= 0.3 is 0 Å². The zero-order valence-corrected chi connectivity index (χ0v) is 12.8. The van der Waals surface area contributed by atoms with Crippen LogP contribution in [0.15, 0.2) is 12.3 Å². The smallest absolute Gasteiger partial charge is 0.274 e. The van der Waals surface area contributed by atoms with E-state index < -0.39 is 0 Å². The van der Waals surface area contributed by atoms with Crippen molar-refractivity contribution in [1.29, 1.82) is 0 Å². The largest absolute Gasteiger partial charge is 0.335 e. The summed E-state index contributed by atoms with van der Waals surface area (Å²) in [6.45, 7) is 8.82. The Labute approximate surface area is 126 Å². The molecule has 1 aromatic heterocycles. The maximum absolute atomic E-state index is 12.5. The van der Waals surface area contributed by atoms with Crippen molar-refractivity contribution in [2.75, 3.05) is 45.8 Å². The molecule has 2 aliphatic rings. The first-order valence-corrected chi connectivity index (χ1v) is 8.05. The summed E-state index contributed by atoms with van der Waals surface area (Å²) in [4.78, 5) is 16.8. The zero-order chi connectivity index (χ0) is 14.7. The molecule has 1 atom stereocenters. The zero-order valence-electron chi connectivity index (χ0n) is 12.8. The highest BCUT2D eigenvalue weighted by atomic mass is 16.2. The third kappa shape index (κ3) is 3.27. The Balaban J connectivity index is 1.61. The summed E-state index contributed by atoms with van der Waals surface area (Å²) in [5.74, 6) is 0.0771. The van der Waals surface area contributed by atoms with Crippen LogP contribution in [0.2, 0.25) is 0 Å². The van der Waals surface area contributed by atoms with E-state index in [1.165, 1.54) is 6.42 Å². The molecule has 1 unspecified atom stereocenters. The monoisotopic (exact) mass is 291 g/mol. The van der Waals surface area contributed by atoms with E-state index in [0.717, 1.165) is 52.2 Å². The Morgan fingerprint density at radius 2 is 2.19 bits per heavy atom. The highest BCUT2D eigenvalue weighted by Crippen LogP contribution is 2.16. The molecule has 0 radical (unpaired) electrons. The molecular weight excluding hydrogens is 266 g/mol. The number of aromatic nitrogens is 2. The first-order valence-electron chi connectivity index (χ1n) is 8.05. The number of nitrogens with one attached hydrogen (secondary N) is 1. The third-order valence-electron chi connectivity index (χ3n) is 4.58. The van der Waals surface area contributed by atoms with Gasteiger partial charge in [-0.15, -0.1) is 0 Å². The SMILES string of the molecule is CCN1CCN(C(=O)c2ccn(C3CCCNC3)n2)CC1. The second-order valence-corrected chi connectivity index (χ2v) is 5.91. The molecule has 6 nitrogen and oxygen atoms in total. The van der Waals surface area contributed by atoms with Crippen molar-refractivity contribution >= 4 is 5.91 Å². The number of likely N-dealkylation sites (N-methyl/N-ethyl adjacent to an activating group) is 1. The average molecular weight is 291 g/mol. The number of nitrogens with zero attached hydrogens (tertiary/aromatic N) is 4. The van der Waals surface area contributed by atoms with Crippen LogP contribution in [0.3, 0.4) is 0 Å². The Kier molecular flexibility index (Phi) is 4.55. The molecule has 0 aromatic carbocycles. The summed E-state index contributed by atoms with van der Waals surface area (Å²) in [5.41, 5.74) is 0.588. The molecule has 3 rings (SSSR count). The van der Waals surface area contributed by atoms with Gasteiger partial charge in [0.1, 0.15) is 5.69 Å². The van der Waals surface area contributed by atoms with Gasteiger partial charge < -0.3 is 15.1 Å². The molecule has 6 heteroatoms. The van der Waals surface area contributed by atoms with Gasteiger partial charge in [0.05, 0.1) is 6.04 Å². The number of hydrogen-bond donors (Lipinski definition) is 1. The van der Waals surface area contributed by atoms with E-state index in [4.69, 9.17) is 0 Å². The lowest BCUT2D eigenvalue weighted by atomic mass is 10.1. The number of rotatable bonds is 3. The summed E-state index contributed by atoms with van der Waals surface area (Å²) in [5, 5.41) is 7.90. The summed E-state index contributed by atoms with van der Waals surface area (Å²) in [6, 6.07) is 2.25. The highest BCUT2D eigenvalue weighted by Gasteiger charge is 2.24. The van der Waals surface area contributed by atoms with Crippen LogP contribution in [0.25, 0.3) is 0 Å². The van der Waals surface area contributed by atoms with Crippen LogP contribution in [0, 0.1) is 0 Å². The molecule has 2 fully saturated rings. The van der Waals surface area contributed by atoms with Crippen LogP contribution in [-0.2, 0) is 0 Å². The molecule has 116 valence electrons. The molecule has 0 spiro atoms. The Morgan fingerprint density at radius 1 is 1.38 bits per heavy atom. The molecule has 0 aliphatic carbocycles. The van der Waals surface area contributed by atoms with Gasteiger partial charge in [-0.1, -0.05) is 6.92 Å². The van der Waals surface area contributed by atoms with Gasteiger partial charge in [-0.2, -0.15) is 5.10 Å². The predicted octanol–water partition coefficient (Wildman–Crippen LogP) is 0.585. The number of carbonyl (C=O) groups excluding carboxylic acids is 1.